The van der Waals surface area contributed by atoms with Crippen molar-refractivity contribution in [1.82, 2.24) is 4.90 Å². The van der Waals surface area contributed by atoms with E-state index in [1.54, 1.807) is 18.2 Å². The maximum atomic E-state index is 12.6. The third-order valence-electron chi connectivity index (χ3n) is 4.25. The number of hydrogen-bond acceptors (Lipinski definition) is 9. The van der Waals surface area contributed by atoms with E-state index in [0.717, 1.165) is 4.90 Å². The first-order chi connectivity index (χ1) is 13.1. The van der Waals surface area contributed by atoms with Crippen molar-refractivity contribution in [3.05, 3.63) is 23.8 Å². The first-order valence-electron chi connectivity index (χ1n) is 8.63. The van der Waals surface area contributed by atoms with Gasteiger partial charge in [0, 0.05) is 19.5 Å². The first-order valence-corrected chi connectivity index (χ1v) is 8.63. The summed E-state index contributed by atoms with van der Waals surface area (Å²) < 4.78 is 20.3. The number of carbonyl (C=O) groups is 3. The van der Waals surface area contributed by atoms with E-state index in [4.69, 9.17) is 24.7 Å². The van der Waals surface area contributed by atoms with Gasteiger partial charge in [0.25, 0.3) is 0 Å². The summed E-state index contributed by atoms with van der Waals surface area (Å²) in [6.45, 7) is 4.28. The number of esters is 1. The second-order valence-electron chi connectivity index (χ2n) is 6.37. The Morgan fingerprint density at radius 2 is 1.79 bits per heavy atom. The number of nitrogens with zero attached hydrogens (tertiary/aromatic N) is 1. The van der Waals surface area contributed by atoms with Gasteiger partial charge < -0.3 is 34.7 Å². The predicted octanol–water partition coefficient (Wildman–Crippen LogP) is 0.652. The van der Waals surface area contributed by atoms with Crippen LogP contribution in [0.25, 0.3) is 0 Å². The molecule has 1 aromatic rings. The molecular formula is C18H24N2O8. The molecular weight excluding hydrogens is 372 g/mol. The van der Waals surface area contributed by atoms with Gasteiger partial charge in [0.2, 0.25) is 13.1 Å². The Kier molecular flexibility index (Phi) is 6.81. The Morgan fingerprint density at radius 3 is 2.43 bits per heavy atom. The van der Waals surface area contributed by atoms with E-state index in [0.29, 0.717) is 17.1 Å². The van der Waals surface area contributed by atoms with E-state index in [1.165, 1.54) is 27.8 Å². The number of ketones is 1. The molecule has 0 saturated carbocycles. The van der Waals surface area contributed by atoms with Gasteiger partial charge in [0.15, 0.2) is 17.3 Å². The van der Waals surface area contributed by atoms with Crippen LogP contribution in [0, 0.1) is 0 Å². The molecule has 1 aliphatic heterocycles. The van der Waals surface area contributed by atoms with Crippen LogP contribution in [0.5, 0.6) is 11.5 Å². The van der Waals surface area contributed by atoms with Crippen LogP contribution in [0.4, 0.5) is 4.79 Å². The zero-order valence-corrected chi connectivity index (χ0v) is 16.1. The largest absolute Gasteiger partial charge is 0.454 e. The fourth-order valence-corrected chi connectivity index (χ4v) is 2.31. The molecule has 3 N–H and O–H groups in total. The van der Waals surface area contributed by atoms with Crippen molar-refractivity contribution in [3.8, 4) is 11.5 Å². The van der Waals surface area contributed by atoms with Crippen molar-refractivity contribution in [2.24, 2.45) is 5.73 Å². The summed E-state index contributed by atoms with van der Waals surface area (Å²) in [6, 6.07) is 2.63. The van der Waals surface area contributed by atoms with Gasteiger partial charge in [-0.15, -0.1) is 0 Å². The lowest BCUT2D eigenvalue weighted by atomic mass is 10.0. The highest BCUT2D eigenvalue weighted by Crippen LogP contribution is 2.33. The van der Waals surface area contributed by atoms with E-state index in [1.807, 2.05) is 0 Å². The van der Waals surface area contributed by atoms with E-state index in [-0.39, 0.29) is 12.6 Å². The molecule has 0 fully saturated rings. The third kappa shape index (κ3) is 4.90. The van der Waals surface area contributed by atoms with Crippen molar-refractivity contribution >= 4 is 17.8 Å². The molecule has 2 rings (SSSR count). The summed E-state index contributed by atoms with van der Waals surface area (Å²) in [4.78, 5) is 37.6. The molecule has 0 bridgehead atoms. The number of benzene rings is 1. The van der Waals surface area contributed by atoms with Crippen LogP contribution in [0.1, 0.15) is 31.1 Å². The quantitative estimate of drug-likeness (QED) is 0.386. The Labute approximate surface area is 162 Å². The van der Waals surface area contributed by atoms with E-state index < -0.39 is 36.5 Å². The van der Waals surface area contributed by atoms with E-state index in [9.17, 15) is 19.5 Å². The zero-order valence-electron chi connectivity index (χ0n) is 16.1. The fraction of sp³-hybridized carbons (Fsp3) is 0.500. The molecule has 1 amide bonds. The number of hydrogen-bond donors (Lipinski definition) is 2. The molecule has 0 saturated heterocycles. The Hall–Kier alpha value is -2.85. The number of rotatable bonds is 7. The van der Waals surface area contributed by atoms with Gasteiger partial charge in [0.1, 0.15) is 6.04 Å². The van der Waals surface area contributed by atoms with Crippen LogP contribution in [-0.4, -0.2) is 66.2 Å². The minimum atomic E-state index is -1.26. The van der Waals surface area contributed by atoms with Crippen LogP contribution >= 0.6 is 0 Å². The van der Waals surface area contributed by atoms with Gasteiger partial charge in [-0.2, -0.15) is 0 Å². The number of nitrogens with two attached hydrogens (primary N) is 1. The van der Waals surface area contributed by atoms with Crippen molar-refractivity contribution in [2.45, 2.75) is 45.2 Å². The number of aliphatic hydroxyl groups is 1. The van der Waals surface area contributed by atoms with Gasteiger partial charge >= 0.3 is 12.1 Å². The maximum absolute atomic E-state index is 12.6. The normalized spacial score (nSPS) is 16.5. The highest BCUT2D eigenvalue weighted by Gasteiger charge is 2.29. The standard InChI is InChI=1S/C18H24N2O8/c1-9(16(22)12-5-6-13-14(7-12)26-8-25-13)20(4)18(24)28-11(3)27-17(23)15(19)10(2)21/h5-7,9-11,15,21H,8,19H2,1-4H3. The highest BCUT2D eigenvalue weighted by molar-refractivity contribution is 6.01. The number of ether oxygens (including phenoxy) is 4. The smallest absolute Gasteiger partial charge is 0.413 e. The lowest BCUT2D eigenvalue weighted by Crippen LogP contribution is -2.45. The van der Waals surface area contributed by atoms with E-state index >= 15 is 0 Å². The lowest BCUT2D eigenvalue weighted by Gasteiger charge is -2.25. The monoisotopic (exact) mass is 396 g/mol. The lowest BCUT2D eigenvalue weighted by molar-refractivity contribution is -0.169. The van der Waals surface area contributed by atoms with Gasteiger partial charge in [-0.1, -0.05) is 0 Å². The average molecular weight is 396 g/mol. The number of aliphatic hydroxyl groups excluding tert-OH is 1. The minimum absolute atomic E-state index is 0.0874. The van der Waals surface area contributed by atoms with Gasteiger partial charge in [-0.05, 0) is 32.0 Å². The van der Waals surface area contributed by atoms with Gasteiger partial charge in [-0.3, -0.25) is 9.59 Å². The van der Waals surface area contributed by atoms with Crippen LogP contribution in [-0.2, 0) is 14.3 Å². The fourth-order valence-electron chi connectivity index (χ4n) is 2.31. The second-order valence-corrected chi connectivity index (χ2v) is 6.37. The number of likely N-dealkylation sites (N-methyl/N-ethyl adjacent to an activating group) is 1. The Morgan fingerprint density at radius 1 is 1.14 bits per heavy atom. The molecule has 28 heavy (non-hydrogen) atoms. The topological polar surface area (TPSA) is 138 Å². The van der Waals surface area contributed by atoms with Crippen LogP contribution in [0.3, 0.4) is 0 Å². The molecule has 10 nitrogen and oxygen atoms in total. The summed E-state index contributed by atoms with van der Waals surface area (Å²) in [5.74, 6) is -0.248. The van der Waals surface area contributed by atoms with Crippen molar-refractivity contribution < 1.29 is 38.4 Å². The summed E-state index contributed by atoms with van der Waals surface area (Å²) in [5, 5.41) is 9.28. The van der Waals surface area contributed by atoms with Crippen LogP contribution in [0.2, 0.25) is 0 Å². The number of Topliss-reactive ketones (excluding diaryl/α,β-unsaturated/α-hetero) is 1. The van der Waals surface area contributed by atoms with Crippen molar-refractivity contribution in [3.63, 3.8) is 0 Å². The van der Waals surface area contributed by atoms with Crippen molar-refractivity contribution in [2.75, 3.05) is 13.8 Å². The first kappa shape index (κ1) is 21.5. The zero-order chi connectivity index (χ0) is 21.0. The molecule has 1 heterocycles. The molecule has 1 aliphatic rings. The molecule has 4 unspecified atom stereocenters. The number of carbonyl (C=O) groups excluding carboxylic acids is 3. The summed E-state index contributed by atoms with van der Waals surface area (Å²) in [5.41, 5.74) is 5.80. The SMILES string of the molecule is CC(OC(=O)C(N)C(C)O)OC(=O)N(C)C(C)C(=O)c1ccc2c(c1)OCO2. The Balaban J connectivity index is 1.94. The molecule has 0 aliphatic carbocycles. The number of amides is 1. The molecule has 10 heteroatoms. The van der Waals surface area contributed by atoms with Crippen molar-refractivity contribution in [1.29, 1.82) is 0 Å². The average Bonchev–Trinajstić information content (AvgIpc) is 3.12. The van der Waals surface area contributed by atoms with Gasteiger partial charge in [0.05, 0.1) is 12.1 Å². The molecule has 4 atom stereocenters. The maximum Gasteiger partial charge on any atom is 0.413 e. The van der Waals surface area contributed by atoms with E-state index in [2.05, 4.69) is 0 Å². The second kappa shape index (κ2) is 8.89. The van der Waals surface area contributed by atoms with Crippen LogP contribution < -0.4 is 15.2 Å². The third-order valence-corrected chi connectivity index (χ3v) is 4.25. The highest BCUT2D eigenvalue weighted by atomic mass is 16.7. The summed E-state index contributed by atoms with van der Waals surface area (Å²) >= 11 is 0. The minimum Gasteiger partial charge on any atom is -0.454 e. The molecule has 1 aromatic carbocycles. The van der Waals surface area contributed by atoms with Gasteiger partial charge in [-0.25, -0.2) is 4.79 Å². The molecule has 0 radical (unpaired) electrons. The molecule has 154 valence electrons. The van der Waals surface area contributed by atoms with Crippen LogP contribution in [0.15, 0.2) is 18.2 Å². The predicted molar refractivity (Wildman–Crippen MR) is 95.8 cm³/mol. The summed E-state index contributed by atoms with van der Waals surface area (Å²) in [6.07, 6.45) is -3.23. The summed E-state index contributed by atoms with van der Waals surface area (Å²) in [7, 11) is 1.38. The molecule has 0 spiro atoms. The number of fused-ring (bicyclic) bond motifs is 1. The molecule has 0 aromatic heterocycles. The Bertz CT molecular complexity index is 751.